The van der Waals surface area contributed by atoms with E-state index in [0.29, 0.717) is 17.2 Å². The summed E-state index contributed by atoms with van der Waals surface area (Å²) in [5.74, 6) is 1.18. The van der Waals surface area contributed by atoms with Crippen LogP contribution in [0.3, 0.4) is 0 Å². The van der Waals surface area contributed by atoms with E-state index in [-0.39, 0.29) is 11.9 Å². The molecular weight excluding hydrogens is 258 g/mol. The lowest BCUT2D eigenvalue weighted by Crippen LogP contribution is -2.26. The van der Waals surface area contributed by atoms with Crippen molar-refractivity contribution in [1.82, 2.24) is 5.32 Å². The zero-order chi connectivity index (χ0) is 13.2. The molecule has 19 heavy (non-hydrogen) atoms. The Morgan fingerprint density at radius 3 is 3.00 bits per heavy atom. The third-order valence-corrected chi connectivity index (χ3v) is 4.35. The highest BCUT2D eigenvalue weighted by atomic mass is 32.1. The summed E-state index contributed by atoms with van der Waals surface area (Å²) >= 11 is 1.75. The van der Waals surface area contributed by atoms with Gasteiger partial charge in [-0.1, -0.05) is 12.1 Å². The Hall–Kier alpha value is -1.81. The molecule has 0 bridgehead atoms. The quantitative estimate of drug-likeness (QED) is 0.930. The van der Waals surface area contributed by atoms with Gasteiger partial charge in [0.25, 0.3) is 5.91 Å². The minimum absolute atomic E-state index is 0.0250. The van der Waals surface area contributed by atoms with E-state index >= 15 is 0 Å². The van der Waals surface area contributed by atoms with E-state index < -0.39 is 0 Å². The maximum atomic E-state index is 12.1. The van der Waals surface area contributed by atoms with Gasteiger partial charge < -0.3 is 10.1 Å². The summed E-state index contributed by atoms with van der Waals surface area (Å²) in [7, 11) is 1.60. The molecule has 0 radical (unpaired) electrons. The molecule has 2 aromatic rings. The van der Waals surface area contributed by atoms with Gasteiger partial charge in [-0.05, 0) is 36.1 Å². The second-order valence-corrected chi connectivity index (χ2v) is 5.65. The summed E-state index contributed by atoms with van der Waals surface area (Å²) in [4.78, 5) is 13.5. The van der Waals surface area contributed by atoms with Crippen LogP contribution in [-0.2, 0) is 0 Å². The van der Waals surface area contributed by atoms with Crippen LogP contribution < -0.4 is 10.1 Å². The summed E-state index contributed by atoms with van der Waals surface area (Å²) < 4.78 is 5.13. The number of amides is 1. The number of ether oxygens (including phenoxy) is 1. The van der Waals surface area contributed by atoms with E-state index in [2.05, 4.69) is 22.8 Å². The van der Waals surface area contributed by atoms with Crippen molar-refractivity contribution in [1.29, 1.82) is 0 Å². The van der Waals surface area contributed by atoms with Crippen molar-refractivity contribution in [3.05, 3.63) is 52.2 Å². The largest absolute Gasteiger partial charge is 0.497 e. The number of rotatable bonds is 4. The van der Waals surface area contributed by atoms with Crippen LogP contribution in [0.25, 0.3) is 0 Å². The van der Waals surface area contributed by atoms with E-state index in [1.807, 2.05) is 12.1 Å². The lowest BCUT2D eigenvalue weighted by Gasteiger charge is -2.06. The van der Waals surface area contributed by atoms with Crippen molar-refractivity contribution in [2.24, 2.45) is 0 Å². The lowest BCUT2D eigenvalue weighted by atomic mass is 10.2. The molecule has 1 saturated carbocycles. The van der Waals surface area contributed by atoms with Crippen molar-refractivity contribution in [2.45, 2.75) is 18.4 Å². The average molecular weight is 273 g/mol. The maximum absolute atomic E-state index is 12.1. The van der Waals surface area contributed by atoms with Crippen LogP contribution >= 0.6 is 11.3 Å². The molecule has 0 saturated heterocycles. The fourth-order valence-corrected chi connectivity index (χ4v) is 3.09. The molecule has 1 amide bonds. The molecule has 0 aliphatic heterocycles. The molecule has 98 valence electrons. The van der Waals surface area contributed by atoms with Crippen LogP contribution in [0.4, 0.5) is 0 Å². The number of carbonyl (C=O) groups excluding carboxylic acids is 1. The molecule has 1 aromatic carbocycles. The maximum Gasteiger partial charge on any atom is 0.251 e. The highest BCUT2D eigenvalue weighted by Crippen LogP contribution is 2.42. The molecular formula is C15H15NO2S. The Bertz CT molecular complexity index is 580. The zero-order valence-corrected chi connectivity index (χ0v) is 11.4. The first kappa shape index (κ1) is 12.2. The Morgan fingerprint density at radius 1 is 1.37 bits per heavy atom. The van der Waals surface area contributed by atoms with Crippen LogP contribution in [0.15, 0.2) is 41.8 Å². The number of thiophene rings is 1. The van der Waals surface area contributed by atoms with Crippen LogP contribution in [0, 0.1) is 0 Å². The molecule has 2 atom stereocenters. The van der Waals surface area contributed by atoms with E-state index in [1.54, 1.807) is 30.6 Å². The van der Waals surface area contributed by atoms with E-state index in [1.165, 1.54) is 4.88 Å². The van der Waals surface area contributed by atoms with Gasteiger partial charge in [-0.15, -0.1) is 11.3 Å². The first-order valence-electron chi connectivity index (χ1n) is 6.26. The third kappa shape index (κ3) is 2.63. The van der Waals surface area contributed by atoms with Gasteiger partial charge in [-0.3, -0.25) is 4.79 Å². The molecule has 3 nitrogen and oxygen atoms in total. The highest BCUT2D eigenvalue weighted by Gasteiger charge is 2.40. The smallest absolute Gasteiger partial charge is 0.251 e. The Labute approximate surface area is 116 Å². The Balaban J connectivity index is 1.63. The minimum atomic E-state index is -0.0250. The number of carbonyl (C=O) groups is 1. The van der Waals surface area contributed by atoms with E-state index in [9.17, 15) is 4.79 Å². The predicted octanol–water partition coefficient (Wildman–Crippen LogP) is 3.04. The van der Waals surface area contributed by atoms with Gasteiger partial charge in [0.1, 0.15) is 5.75 Å². The first-order valence-corrected chi connectivity index (χ1v) is 7.14. The van der Waals surface area contributed by atoms with Gasteiger partial charge in [0.2, 0.25) is 0 Å². The standard InChI is InChI=1S/C15H15NO2S/c1-18-11-5-2-4-10(8-11)15(17)16-13-9-12(13)14-6-3-7-19-14/h2-8,12-13H,9H2,1H3,(H,16,17). The first-order chi connectivity index (χ1) is 9.28. The summed E-state index contributed by atoms with van der Waals surface area (Å²) in [6, 6.07) is 11.7. The number of hydrogen-bond donors (Lipinski definition) is 1. The van der Waals surface area contributed by atoms with E-state index in [0.717, 1.165) is 6.42 Å². The van der Waals surface area contributed by atoms with Crippen molar-refractivity contribution >= 4 is 17.2 Å². The predicted molar refractivity (Wildman–Crippen MR) is 75.9 cm³/mol. The summed E-state index contributed by atoms with van der Waals surface area (Å²) in [6.45, 7) is 0. The van der Waals surface area contributed by atoms with Crippen molar-refractivity contribution < 1.29 is 9.53 Å². The molecule has 1 heterocycles. The highest BCUT2D eigenvalue weighted by molar-refractivity contribution is 7.10. The second-order valence-electron chi connectivity index (χ2n) is 4.67. The fourth-order valence-electron chi connectivity index (χ4n) is 2.19. The average Bonchev–Trinajstić information content (AvgIpc) is 3.00. The van der Waals surface area contributed by atoms with Gasteiger partial charge in [0.05, 0.1) is 7.11 Å². The number of benzene rings is 1. The summed E-state index contributed by atoms with van der Waals surface area (Å²) in [6.07, 6.45) is 1.04. The molecule has 1 N–H and O–H groups in total. The second kappa shape index (κ2) is 5.05. The molecule has 4 heteroatoms. The molecule has 1 aromatic heterocycles. The van der Waals surface area contributed by atoms with Gasteiger partial charge in [0, 0.05) is 22.4 Å². The van der Waals surface area contributed by atoms with E-state index in [4.69, 9.17) is 4.74 Å². The van der Waals surface area contributed by atoms with Crippen LogP contribution in [0.5, 0.6) is 5.75 Å². The monoisotopic (exact) mass is 273 g/mol. The number of methoxy groups -OCH3 is 1. The lowest BCUT2D eigenvalue weighted by molar-refractivity contribution is 0.0950. The van der Waals surface area contributed by atoms with Gasteiger partial charge in [0.15, 0.2) is 0 Å². The summed E-state index contributed by atoms with van der Waals surface area (Å²) in [5.41, 5.74) is 0.649. The topological polar surface area (TPSA) is 38.3 Å². The molecule has 0 spiro atoms. The van der Waals surface area contributed by atoms with Gasteiger partial charge in [-0.2, -0.15) is 0 Å². The molecule has 1 aliphatic rings. The fraction of sp³-hybridized carbons (Fsp3) is 0.267. The SMILES string of the molecule is COc1cccc(C(=O)NC2CC2c2cccs2)c1. The van der Waals surface area contributed by atoms with Crippen molar-refractivity contribution in [2.75, 3.05) is 7.11 Å². The number of hydrogen-bond acceptors (Lipinski definition) is 3. The molecule has 1 aliphatic carbocycles. The third-order valence-electron chi connectivity index (χ3n) is 3.35. The Morgan fingerprint density at radius 2 is 2.26 bits per heavy atom. The van der Waals surface area contributed by atoms with Gasteiger partial charge in [-0.25, -0.2) is 0 Å². The molecule has 2 unspecified atom stereocenters. The minimum Gasteiger partial charge on any atom is -0.497 e. The zero-order valence-electron chi connectivity index (χ0n) is 10.6. The van der Waals surface area contributed by atoms with Crippen molar-refractivity contribution in [3.8, 4) is 5.75 Å². The number of nitrogens with one attached hydrogen (secondary N) is 1. The molecule has 1 fully saturated rings. The Kier molecular flexibility index (Phi) is 3.25. The van der Waals surface area contributed by atoms with Crippen LogP contribution in [0.2, 0.25) is 0 Å². The van der Waals surface area contributed by atoms with Gasteiger partial charge >= 0.3 is 0 Å². The van der Waals surface area contributed by atoms with Crippen LogP contribution in [0.1, 0.15) is 27.6 Å². The van der Waals surface area contributed by atoms with Crippen LogP contribution in [-0.4, -0.2) is 19.1 Å². The van der Waals surface area contributed by atoms with Crippen molar-refractivity contribution in [3.63, 3.8) is 0 Å². The summed E-state index contributed by atoms with van der Waals surface area (Å²) in [5, 5.41) is 5.15. The molecule has 3 rings (SSSR count). The normalized spacial score (nSPS) is 20.9.